The lowest BCUT2D eigenvalue weighted by molar-refractivity contribution is 0.0945. The van der Waals surface area contributed by atoms with E-state index in [1.807, 2.05) is 6.92 Å². The summed E-state index contributed by atoms with van der Waals surface area (Å²) in [6, 6.07) is 1.94. The molecular formula is C11H17Cl2NOS. The van der Waals surface area contributed by atoms with E-state index in [9.17, 15) is 4.79 Å². The summed E-state index contributed by atoms with van der Waals surface area (Å²) in [4.78, 5) is 11.9. The van der Waals surface area contributed by atoms with E-state index in [0.29, 0.717) is 15.9 Å². The van der Waals surface area contributed by atoms with Gasteiger partial charge in [0.25, 0.3) is 0 Å². The van der Waals surface area contributed by atoms with E-state index in [1.165, 1.54) is 11.3 Å². The lowest BCUT2D eigenvalue weighted by Gasteiger charge is -2.17. The number of rotatable bonds is 5. The Balaban J connectivity index is 0.00000225. The number of carbonyl (C=O) groups is 1. The van der Waals surface area contributed by atoms with Crippen molar-refractivity contribution in [1.29, 1.82) is 0 Å². The van der Waals surface area contributed by atoms with Crippen molar-refractivity contribution in [3.8, 4) is 0 Å². The van der Waals surface area contributed by atoms with Gasteiger partial charge < -0.3 is 5.32 Å². The Labute approximate surface area is 112 Å². The third-order valence-electron chi connectivity index (χ3n) is 2.39. The summed E-state index contributed by atoms with van der Waals surface area (Å²) in [6.45, 7) is 6.06. The van der Waals surface area contributed by atoms with Gasteiger partial charge in [-0.3, -0.25) is 4.79 Å². The molecule has 0 aliphatic rings. The van der Waals surface area contributed by atoms with Gasteiger partial charge in [0.05, 0.1) is 10.4 Å². The summed E-state index contributed by atoms with van der Waals surface area (Å²) in [5.74, 6) is 0.110. The highest BCUT2D eigenvalue weighted by atomic mass is 35.5. The van der Waals surface area contributed by atoms with Crippen molar-refractivity contribution in [3.05, 3.63) is 21.3 Å². The van der Waals surface area contributed by atoms with Gasteiger partial charge in [0, 0.05) is 17.0 Å². The molecule has 0 amide bonds. The van der Waals surface area contributed by atoms with Gasteiger partial charge in [0.15, 0.2) is 5.78 Å². The molecule has 0 saturated heterocycles. The third-order valence-corrected chi connectivity index (χ3v) is 3.48. The van der Waals surface area contributed by atoms with Crippen LogP contribution in [0.15, 0.2) is 11.4 Å². The molecule has 0 fully saturated rings. The minimum absolute atomic E-state index is 0. The Hall–Kier alpha value is -0.0900. The summed E-state index contributed by atoms with van der Waals surface area (Å²) in [6.07, 6.45) is 1.02. The normalized spacial score (nSPS) is 14.0. The van der Waals surface area contributed by atoms with Crippen LogP contribution in [0.5, 0.6) is 0 Å². The lowest BCUT2D eigenvalue weighted by Crippen LogP contribution is -2.39. The number of ketones is 1. The van der Waals surface area contributed by atoms with Crippen LogP contribution in [0.3, 0.4) is 0 Å². The first-order valence-electron chi connectivity index (χ1n) is 5.09. The predicted molar refractivity (Wildman–Crippen MR) is 73.3 cm³/mol. The number of carbonyl (C=O) groups excluding carboxylic acids is 1. The summed E-state index contributed by atoms with van der Waals surface area (Å²) < 4.78 is 0.661. The van der Waals surface area contributed by atoms with Gasteiger partial charge in [-0.15, -0.1) is 23.7 Å². The van der Waals surface area contributed by atoms with E-state index < -0.39 is 0 Å². The molecule has 0 saturated carbocycles. The number of nitrogens with one attached hydrogen (secondary N) is 1. The van der Waals surface area contributed by atoms with Crippen LogP contribution in [0.1, 0.15) is 37.6 Å². The molecule has 2 unspecified atom stereocenters. The van der Waals surface area contributed by atoms with Gasteiger partial charge in [-0.05, 0) is 26.3 Å². The van der Waals surface area contributed by atoms with Crippen molar-refractivity contribution in [2.24, 2.45) is 0 Å². The molecule has 2 atom stereocenters. The molecule has 1 heterocycles. The maximum absolute atomic E-state index is 11.9. The largest absolute Gasteiger partial charge is 0.305 e. The van der Waals surface area contributed by atoms with E-state index in [2.05, 4.69) is 19.2 Å². The van der Waals surface area contributed by atoms with E-state index >= 15 is 0 Å². The Morgan fingerprint density at radius 1 is 1.56 bits per heavy atom. The molecule has 0 spiro atoms. The monoisotopic (exact) mass is 281 g/mol. The number of halogens is 2. The summed E-state index contributed by atoms with van der Waals surface area (Å²) in [7, 11) is 0. The van der Waals surface area contributed by atoms with Crippen molar-refractivity contribution in [3.63, 3.8) is 0 Å². The zero-order valence-corrected chi connectivity index (χ0v) is 12.0. The first-order chi connectivity index (χ1) is 7.04. The SMILES string of the molecule is CCC(C)NC(C)C(=O)c1csc(Cl)c1.Cl. The topological polar surface area (TPSA) is 29.1 Å². The molecule has 0 aliphatic heterocycles. The summed E-state index contributed by atoms with van der Waals surface area (Å²) in [5.41, 5.74) is 0.702. The van der Waals surface area contributed by atoms with Gasteiger partial charge >= 0.3 is 0 Å². The highest BCUT2D eigenvalue weighted by Crippen LogP contribution is 2.21. The van der Waals surface area contributed by atoms with Crippen LogP contribution in [0.25, 0.3) is 0 Å². The minimum atomic E-state index is -0.148. The van der Waals surface area contributed by atoms with Crippen LogP contribution >= 0.6 is 35.3 Å². The van der Waals surface area contributed by atoms with Gasteiger partial charge in [0.1, 0.15) is 0 Å². The lowest BCUT2D eigenvalue weighted by atomic mass is 10.1. The molecule has 0 bridgehead atoms. The van der Waals surface area contributed by atoms with Crippen LogP contribution in [0.4, 0.5) is 0 Å². The average molecular weight is 282 g/mol. The van der Waals surface area contributed by atoms with Crippen molar-refractivity contribution in [2.75, 3.05) is 0 Å². The predicted octanol–water partition coefficient (Wildman–Crippen LogP) is 3.78. The molecule has 0 radical (unpaired) electrons. The molecule has 0 aliphatic carbocycles. The Morgan fingerprint density at radius 2 is 2.19 bits per heavy atom. The minimum Gasteiger partial charge on any atom is -0.305 e. The van der Waals surface area contributed by atoms with E-state index in [0.717, 1.165) is 6.42 Å². The van der Waals surface area contributed by atoms with Crippen LogP contribution in [0, 0.1) is 0 Å². The zero-order valence-electron chi connectivity index (χ0n) is 9.62. The number of thiophene rings is 1. The zero-order chi connectivity index (χ0) is 11.4. The highest BCUT2D eigenvalue weighted by molar-refractivity contribution is 7.14. The number of hydrogen-bond donors (Lipinski definition) is 1. The van der Waals surface area contributed by atoms with E-state index in [1.54, 1.807) is 11.4 Å². The van der Waals surface area contributed by atoms with Crippen LogP contribution in [-0.4, -0.2) is 17.9 Å². The van der Waals surface area contributed by atoms with Gasteiger partial charge in [-0.25, -0.2) is 0 Å². The quantitative estimate of drug-likeness (QED) is 0.833. The first-order valence-corrected chi connectivity index (χ1v) is 6.34. The Bertz CT molecular complexity index is 340. The van der Waals surface area contributed by atoms with E-state index in [-0.39, 0.29) is 24.2 Å². The smallest absolute Gasteiger partial charge is 0.180 e. The molecular weight excluding hydrogens is 265 g/mol. The molecule has 1 aromatic heterocycles. The molecule has 1 rings (SSSR count). The van der Waals surface area contributed by atoms with Gasteiger partial charge in [-0.2, -0.15) is 0 Å². The van der Waals surface area contributed by atoms with Crippen molar-refractivity contribution in [1.82, 2.24) is 5.32 Å². The van der Waals surface area contributed by atoms with Crippen LogP contribution in [-0.2, 0) is 0 Å². The standard InChI is InChI=1S/C11H16ClNOS.ClH/c1-4-7(2)13-8(3)11(14)9-5-10(12)15-6-9;/h5-8,13H,4H2,1-3H3;1H. The fourth-order valence-electron chi connectivity index (χ4n) is 1.31. The van der Waals surface area contributed by atoms with Crippen molar-refractivity contribution in [2.45, 2.75) is 39.3 Å². The highest BCUT2D eigenvalue weighted by Gasteiger charge is 2.17. The third kappa shape index (κ3) is 4.42. The molecule has 0 aromatic carbocycles. The van der Waals surface area contributed by atoms with Crippen LogP contribution < -0.4 is 5.32 Å². The molecule has 1 aromatic rings. The van der Waals surface area contributed by atoms with Gasteiger partial charge in [-0.1, -0.05) is 18.5 Å². The van der Waals surface area contributed by atoms with Crippen molar-refractivity contribution >= 4 is 41.1 Å². The fourth-order valence-corrected chi connectivity index (χ4v) is 2.18. The molecule has 5 heteroatoms. The first kappa shape index (κ1) is 15.9. The molecule has 16 heavy (non-hydrogen) atoms. The fraction of sp³-hybridized carbons (Fsp3) is 0.545. The maximum atomic E-state index is 11.9. The molecule has 1 N–H and O–H groups in total. The Kier molecular flexibility index (Phi) is 7.24. The number of hydrogen-bond acceptors (Lipinski definition) is 3. The van der Waals surface area contributed by atoms with Crippen molar-refractivity contribution < 1.29 is 4.79 Å². The second-order valence-electron chi connectivity index (χ2n) is 3.70. The second kappa shape index (κ2) is 7.28. The summed E-state index contributed by atoms with van der Waals surface area (Å²) >= 11 is 7.18. The number of Topliss-reactive ketones (excluding diaryl/α,β-unsaturated/α-hetero) is 1. The molecule has 92 valence electrons. The van der Waals surface area contributed by atoms with Crippen LogP contribution in [0.2, 0.25) is 4.34 Å². The average Bonchev–Trinajstić information content (AvgIpc) is 2.63. The molecule has 2 nitrogen and oxygen atoms in total. The Morgan fingerprint density at radius 3 is 2.62 bits per heavy atom. The summed E-state index contributed by atoms with van der Waals surface area (Å²) in [5, 5.41) is 5.05. The van der Waals surface area contributed by atoms with E-state index in [4.69, 9.17) is 11.6 Å². The second-order valence-corrected chi connectivity index (χ2v) is 5.24. The maximum Gasteiger partial charge on any atom is 0.180 e. The van der Waals surface area contributed by atoms with Gasteiger partial charge in [0.2, 0.25) is 0 Å².